The molecular formula is C18H17F2N3O3. The van der Waals surface area contributed by atoms with Crippen LogP contribution >= 0.6 is 0 Å². The van der Waals surface area contributed by atoms with Crippen molar-refractivity contribution in [2.75, 3.05) is 18.6 Å². The van der Waals surface area contributed by atoms with Gasteiger partial charge in [-0.2, -0.15) is 0 Å². The summed E-state index contributed by atoms with van der Waals surface area (Å²) in [6.45, 7) is 0.271. The Kier molecular flexibility index (Phi) is 5.11. The fourth-order valence-corrected chi connectivity index (χ4v) is 2.90. The summed E-state index contributed by atoms with van der Waals surface area (Å²) in [4.78, 5) is 29.8. The number of amides is 2. The number of carbonyl (C=O) groups is 2. The number of aromatic nitrogens is 1. The molecule has 0 saturated carbocycles. The molecule has 0 unspecified atom stereocenters. The Morgan fingerprint density at radius 1 is 1.35 bits per heavy atom. The van der Waals surface area contributed by atoms with E-state index in [1.54, 1.807) is 18.3 Å². The van der Waals surface area contributed by atoms with E-state index in [1.165, 1.54) is 12.0 Å². The fourth-order valence-electron chi connectivity index (χ4n) is 2.90. The smallest absolute Gasteiger partial charge is 0.227 e. The third-order valence-electron chi connectivity index (χ3n) is 4.15. The number of rotatable bonds is 5. The molecule has 0 aliphatic carbocycles. The molecule has 1 fully saturated rings. The summed E-state index contributed by atoms with van der Waals surface area (Å²) in [5, 5.41) is 2.74. The standard InChI is InChI=1S/C18H17F2N3O3/c1-26-18-11(3-2-4-21-18)9-22-17(25)12-5-16(24)23(10-12)15-7-13(19)6-14(20)8-15/h2-4,6-8,12H,5,9-10H2,1H3,(H,22,25)/t12-/m1/s1. The van der Waals surface area contributed by atoms with Crippen molar-refractivity contribution < 1.29 is 23.1 Å². The average Bonchev–Trinajstić information content (AvgIpc) is 3.01. The van der Waals surface area contributed by atoms with Crippen molar-refractivity contribution in [3.63, 3.8) is 0 Å². The van der Waals surface area contributed by atoms with Gasteiger partial charge >= 0.3 is 0 Å². The first-order valence-electron chi connectivity index (χ1n) is 8.00. The van der Waals surface area contributed by atoms with Gasteiger partial charge in [-0.15, -0.1) is 0 Å². The highest BCUT2D eigenvalue weighted by Gasteiger charge is 2.35. The number of ether oxygens (including phenoxy) is 1. The summed E-state index contributed by atoms with van der Waals surface area (Å²) in [5.41, 5.74) is 0.813. The van der Waals surface area contributed by atoms with Gasteiger partial charge in [0.25, 0.3) is 0 Å². The first-order chi connectivity index (χ1) is 12.5. The summed E-state index contributed by atoms with van der Waals surface area (Å²) < 4.78 is 31.9. The Balaban J connectivity index is 1.65. The van der Waals surface area contributed by atoms with Gasteiger partial charge in [-0.3, -0.25) is 9.59 Å². The van der Waals surface area contributed by atoms with Crippen molar-refractivity contribution >= 4 is 17.5 Å². The number of benzene rings is 1. The SMILES string of the molecule is COc1ncccc1CNC(=O)[C@@H]1CC(=O)N(c2cc(F)cc(F)c2)C1. The zero-order valence-corrected chi connectivity index (χ0v) is 14.0. The molecular weight excluding hydrogens is 344 g/mol. The number of carbonyl (C=O) groups excluding carboxylic acids is 2. The Hall–Kier alpha value is -3.03. The number of nitrogens with one attached hydrogen (secondary N) is 1. The van der Waals surface area contributed by atoms with Gasteiger partial charge in [0, 0.05) is 43.0 Å². The van der Waals surface area contributed by atoms with Crippen molar-refractivity contribution in [2.24, 2.45) is 5.92 Å². The van der Waals surface area contributed by atoms with E-state index < -0.39 is 17.6 Å². The van der Waals surface area contributed by atoms with Crippen molar-refractivity contribution in [3.8, 4) is 5.88 Å². The lowest BCUT2D eigenvalue weighted by molar-refractivity contribution is -0.126. The molecule has 3 rings (SSSR count). The maximum Gasteiger partial charge on any atom is 0.227 e. The summed E-state index contributed by atoms with van der Waals surface area (Å²) in [5.74, 6) is -2.41. The predicted octanol–water partition coefficient (Wildman–Crippen LogP) is 2.04. The van der Waals surface area contributed by atoms with Crippen LogP contribution in [0.25, 0.3) is 0 Å². The molecule has 1 aromatic carbocycles. The second-order valence-corrected chi connectivity index (χ2v) is 5.92. The van der Waals surface area contributed by atoms with Crippen molar-refractivity contribution in [1.29, 1.82) is 0 Å². The van der Waals surface area contributed by atoms with Crippen LogP contribution in [0, 0.1) is 17.6 Å². The van der Waals surface area contributed by atoms with Gasteiger partial charge in [0.15, 0.2) is 0 Å². The topological polar surface area (TPSA) is 71.5 Å². The van der Waals surface area contributed by atoms with E-state index in [1.807, 2.05) is 0 Å². The second kappa shape index (κ2) is 7.47. The van der Waals surface area contributed by atoms with Gasteiger partial charge in [0.2, 0.25) is 17.7 Å². The third-order valence-corrected chi connectivity index (χ3v) is 4.15. The van der Waals surface area contributed by atoms with E-state index in [-0.39, 0.29) is 37.0 Å². The molecule has 1 aliphatic rings. The Morgan fingerprint density at radius 2 is 2.08 bits per heavy atom. The van der Waals surface area contributed by atoms with Crippen LogP contribution in [-0.2, 0) is 16.1 Å². The molecule has 2 amide bonds. The highest BCUT2D eigenvalue weighted by atomic mass is 19.1. The molecule has 26 heavy (non-hydrogen) atoms. The number of hydrogen-bond acceptors (Lipinski definition) is 4. The van der Waals surface area contributed by atoms with Gasteiger partial charge in [-0.05, 0) is 18.2 Å². The molecule has 1 N–H and O–H groups in total. The monoisotopic (exact) mass is 361 g/mol. The molecule has 0 bridgehead atoms. The van der Waals surface area contributed by atoms with Crippen LogP contribution in [0.3, 0.4) is 0 Å². The van der Waals surface area contributed by atoms with Crippen LogP contribution in [0.15, 0.2) is 36.5 Å². The van der Waals surface area contributed by atoms with Crippen molar-refractivity contribution in [2.45, 2.75) is 13.0 Å². The number of pyridine rings is 1. The highest BCUT2D eigenvalue weighted by molar-refractivity contribution is 6.00. The quantitative estimate of drug-likeness (QED) is 0.885. The normalized spacial score (nSPS) is 16.7. The zero-order valence-electron chi connectivity index (χ0n) is 14.0. The first-order valence-corrected chi connectivity index (χ1v) is 8.00. The molecule has 1 aliphatic heterocycles. The fraction of sp³-hybridized carbons (Fsp3) is 0.278. The van der Waals surface area contributed by atoms with Crippen LogP contribution in [0.5, 0.6) is 5.88 Å². The van der Waals surface area contributed by atoms with Gasteiger partial charge in [-0.25, -0.2) is 13.8 Å². The number of nitrogens with zero attached hydrogens (tertiary/aromatic N) is 2. The maximum absolute atomic E-state index is 13.4. The molecule has 6 nitrogen and oxygen atoms in total. The van der Waals surface area contributed by atoms with Crippen LogP contribution in [0.4, 0.5) is 14.5 Å². The lowest BCUT2D eigenvalue weighted by Crippen LogP contribution is -2.32. The zero-order chi connectivity index (χ0) is 18.7. The summed E-state index contributed by atoms with van der Waals surface area (Å²) in [6, 6.07) is 6.37. The Labute approximate surface area is 148 Å². The van der Waals surface area contributed by atoms with E-state index in [9.17, 15) is 18.4 Å². The second-order valence-electron chi connectivity index (χ2n) is 5.92. The predicted molar refractivity (Wildman–Crippen MR) is 89.5 cm³/mol. The first kappa shape index (κ1) is 17.8. The summed E-state index contributed by atoms with van der Waals surface area (Å²) in [6.07, 6.45) is 1.56. The average molecular weight is 361 g/mol. The minimum absolute atomic E-state index is 0.0197. The molecule has 1 saturated heterocycles. The van der Waals surface area contributed by atoms with Gasteiger partial charge in [-0.1, -0.05) is 6.07 Å². The molecule has 0 spiro atoms. The van der Waals surface area contributed by atoms with E-state index >= 15 is 0 Å². The molecule has 0 radical (unpaired) electrons. The largest absolute Gasteiger partial charge is 0.481 e. The number of methoxy groups -OCH3 is 1. The van der Waals surface area contributed by atoms with Crippen LogP contribution in [0.1, 0.15) is 12.0 Å². The lowest BCUT2D eigenvalue weighted by atomic mass is 10.1. The van der Waals surface area contributed by atoms with E-state index in [0.29, 0.717) is 11.4 Å². The summed E-state index contributed by atoms with van der Waals surface area (Å²) in [7, 11) is 1.49. The highest BCUT2D eigenvalue weighted by Crippen LogP contribution is 2.27. The van der Waals surface area contributed by atoms with E-state index in [4.69, 9.17) is 4.74 Å². The van der Waals surface area contributed by atoms with Gasteiger partial charge in [0.1, 0.15) is 11.6 Å². The molecule has 2 heterocycles. The number of halogens is 2. The van der Waals surface area contributed by atoms with E-state index in [0.717, 1.165) is 18.2 Å². The van der Waals surface area contributed by atoms with Crippen LogP contribution in [-0.4, -0.2) is 30.5 Å². The Morgan fingerprint density at radius 3 is 2.77 bits per heavy atom. The number of anilines is 1. The molecule has 8 heteroatoms. The molecule has 2 aromatic rings. The van der Waals surface area contributed by atoms with E-state index in [2.05, 4.69) is 10.3 Å². The number of hydrogen-bond donors (Lipinski definition) is 1. The van der Waals surface area contributed by atoms with Gasteiger partial charge in [0.05, 0.1) is 13.0 Å². The van der Waals surface area contributed by atoms with Crippen LogP contribution < -0.4 is 15.0 Å². The summed E-state index contributed by atoms with van der Waals surface area (Å²) >= 11 is 0. The molecule has 1 atom stereocenters. The lowest BCUT2D eigenvalue weighted by Gasteiger charge is -2.17. The van der Waals surface area contributed by atoms with Crippen molar-refractivity contribution in [3.05, 3.63) is 53.7 Å². The van der Waals surface area contributed by atoms with Gasteiger partial charge < -0.3 is 15.0 Å². The third kappa shape index (κ3) is 3.79. The van der Waals surface area contributed by atoms with Crippen LogP contribution in [0.2, 0.25) is 0 Å². The maximum atomic E-state index is 13.4. The Bertz CT molecular complexity index is 824. The van der Waals surface area contributed by atoms with Crippen molar-refractivity contribution in [1.82, 2.24) is 10.3 Å². The minimum Gasteiger partial charge on any atom is -0.481 e. The molecule has 1 aromatic heterocycles. The molecule has 136 valence electrons. The minimum atomic E-state index is -0.774.